The van der Waals surface area contributed by atoms with Crippen molar-refractivity contribution in [1.82, 2.24) is 34.8 Å². The van der Waals surface area contributed by atoms with Crippen LogP contribution in [0.25, 0.3) is 33.6 Å². The van der Waals surface area contributed by atoms with Gasteiger partial charge >= 0.3 is 0 Å². The van der Waals surface area contributed by atoms with Crippen LogP contribution in [0.1, 0.15) is 37.4 Å². The summed E-state index contributed by atoms with van der Waals surface area (Å²) >= 11 is 0. The smallest absolute Gasteiger partial charge is 0.225 e. The van der Waals surface area contributed by atoms with Crippen LogP contribution in [-0.4, -0.2) is 54.8 Å². The van der Waals surface area contributed by atoms with Crippen LogP contribution in [0.3, 0.4) is 0 Å². The maximum Gasteiger partial charge on any atom is 0.225 e. The minimum absolute atomic E-state index is 0.134. The molecule has 5 rings (SSSR count). The highest BCUT2D eigenvalue weighted by atomic mass is 16.2. The van der Waals surface area contributed by atoms with E-state index in [9.17, 15) is 4.79 Å². The molecule has 1 aromatic carbocycles. The molecule has 1 aliphatic carbocycles. The highest BCUT2D eigenvalue weighted by Crippen LogP contribution is 2.33. The predicted octanol–water partition coefficient (Wildman–Crippen LogP) is 4.59. The van der Waals surface area contributed by atoms with Crippen molar-refractivity contribution >= 4 is 5.91 Å². The molecule has 3 aromatic heterocycles. The zero-order chi connectivity index (χ0) is 24.4. The molecule has 8 nitrogen and oxygen atoms in total. The second-order valence-electron chi connectivity index (χ2n) is 9.41. The zero-order valence-electron chi connectivity index (χ0n) is 20.3. The highest BCUT2D eigenvalue weighted by Gasteiger charge is 2.28. The average Bonchev–Trinajstić information content (AvgIpc) is 3.39. The molecule has 3 heterocycles. The van der Waals surface area contributed by atoms with Crippen molar-refractivity contribution in [3.63, 3.8) is 0 Å². The van der Waals surface area contributed by atoms with Gasteiger partial charge in [-0.15, -0.1) is 0 Å². The maximum absolute atomic E-state index is 12.2. The zero-order valence-corrected chi connectivity index (χ0v) is 20.3. The summed E-state index contributed by atoms with van der Waals surface area (Å²) in [6, 6.07) is 10.5. The Bertz CT molecular complexity index is 1320. The standard InChI is InChI=1S/C27H29N7O/c1-18-11-22(15-30-32-18)20-5-4-6-21(12-20)26-28-13-23(14-29-26)24-16-31-34(17-24)25-9-7-19(8-10-25)27(35)33(2)3/h4-6,11-17,19,25H,7-10H2,1-3H3. The number of aryl methyl sites for hydroxylation is 1. The third-order valence-corrected chi connectivity index (χ3v) is 6.68. The molecule has 1 aliphatic rings. The number of nitrogens with zero attached hydrogens (tertiary/aromatic N) is 7. The molecular formula is C27H29N7O. The quantitative estimate of drug-likeness (QED) is 0.426. The van der Waals surface area contributed by atoms with E-state index < -0.39 is 0 Å². The van der Waals surface area contributed by atoms with Crippen molar-refractivity contribution in [2.45, 2.75) is 38.6 Å². The van der Waals surface area contributed by atoms with Crippen molar-refractivity contribution < 1.29 is 4.79 Å². The Morgan fingerprint density at radius 3 is 2.34 bits per heavy atom. The van der Waals surface area contributed by atoms with E-state index in [1.54, 1.807) is 11.1 Å². The summed E-state index contributed by atoms with van der Waals surface area (Å²) in [4.78, 5) is 23.2. The van der Waals surface area contributed by atoms with Crippen LogP contribution in [0.5, 0.6) is 0 Å². The Balaban J connectivity index is 1.28. The number of carbonyl (C=O) groups is 1. The maximum atomic E-state index is 12.2. The van der Waals surface area contributed by atoms with Gasteiger partial charge in [0, 0.05) is 60.9 Å². The summed E-state index contributed by atoms with van der Waals surface area (Å²) in [6.07, 6.45) is 13.1. The van der Waals surface area contributed by atoms with Gasteiger partial charge in [-0.05, 0) is 50.3 Å². The minimum atomic E-state index is 0.134. The lowest BCUT2D eigenvalue weighted by molar-refractivity contribution is -0.134. The van der Waals surface area contributed by atoms with Gasteiger partial charge in [0.25, 0.3) is 0 Å². The number of aromatic nitrogens is 6. The number of amides is 1. The first-order valence-corrected chi connectivity index (χ1v) is 12.0. The van der Waals surface area contributed by atoms with Crippen molar-refractivity contribution in [2.24, 2.45) is 5.92 Å². The fourth-order valence-corrected chi connectivity index (χ4v) is 4.73. The van der Waals surface area contributed by atoms with Gasteiger partial charge in [0.1, 0.15) is 0 Å². The van der Waals surface area contributed by atoms with E-state index in [2.05, 4.69) is 37.5 Å². The van der Waals surface area contributed by atoms with Gasteiger partial charge in [0.15, 0.2) is 5.82 Å². The van der Waals surface area contributed by atoms with Crippen LogP contribution < -0.4 is 0 Å². The number of benzene rings is 1. The van der Waals surface area contributed by atoms with Crippen LogP contribution in [-0.2, 0) is 4.79 Å². The molecule has 1 saturated carbocycles. The van der Waals surface area contributed by atoms with E-state index in [1.165, 1.54) is 0 Å². The Morgan fingerprint density at radius 1 is 0.886 bits per heavy atom. The SMILES string of the molecule is Cc1cc(-c2cccc(-c3ncc(-c4cnn(C5CCC(C(=O)N(C)C)CC5)c4)cn3)c2)cnn1. The fraction of sp³-hybridized carbons (Fsp3) is 0.333. The van der Waals surface area contributed by atoms with Gasteiger partial charge in [-0.2, -0.15) is 15.3 Å². The topological polar surface area (TPSA) is 89.7 Å². The second-order valence-corrected chi connectivity index (χ2v) is 9.41. The first kappa shape index (κ1) is 22.8. The number of hydrogen-bond donors (Lipinski definition) is 0. The molecular weight excluding hydrogens is 438 g/mol. The van der Waals surface area contributed by atoms with E-state index >= 15 is 0 Å². The Morgan fingerprint density at radius 2 is 1.63 bits per heavy atom. The van der Waals surface area contributed by atoms with E-state index in [0.717, 1.165) is 59.2 Å². The molecule has 4 aromatic rings. The summed E-state index contributed by atoms with van der Waals surface area (Å²) in [5.41, 5.74) is 5.82. The molecule has 0 saturated heterocycles. The van der Waals surface area contributed by atoms with Crippen LogP contribution in [0.2, 0.25) is 0 Å². The van der Waals surface area contributed by atoms with Crippen LogP contribution in [0.15, 0.2) is 61.3 Å². The summed E-state index contributed by atoms with van der Waals surface area (Å²) in [6.45, 7) is 1.93. The molecule has 35 heavy (non-hydrogen) atoms. The fourth-order valence-electron chi connectivity index (χ4n) is 4.73. The number of hydrogen-bond acceptors (Lipinski definition) is 6. The molecule has 0 bridgehead atoms. The first-order chi connectivity index (χ1) is 17.0. The molecule has 0 unspecified atom stereocenters. The highest BCUT2D eigenvalue weighted by molar-refractivity contribution is 5.78. The third-order valence-electron chi connectivity index (χ3n) is 6.68. The number of rotatable bonds is 5. The largest absolute Gasteiger partial charge is 0.349 e. The van der Waals surface area contributed by atoms with Gasteiger partial charge in [0.2, 0.25) is 5.91 Å². The van der Waals surface area contributed by atoms with E-state index in [1.807, 2.05) is 68.6 Å². The molecule has 178 valence electrons. The van der Waals surface area contributed by atoms with Crippen molar-refractivity contribution in [2.75, 3.05) is 14.1 Å². The van der Waals surface area contributed by atoms with E-state index in [4.69, 9.17) is 0 Å². The predicted molar refractivity (Wildman–Crippen MR) is 134 cm³/mol. The summed E-state index contributed by atoms with van der Waals surface area (Å²) in [7, 11) is 3.66. The van der Waals surface area contributed by atoms with Gasteiger partial charge in [0.05, 0.1) is 24.1 Å². The van der Waals surface area contributed by atoms with Crippen molar-refractivity contribution in [1.29, 1.82) is 0 Å². The van der Waals surface area contributed by atoms with Crippen LogP contribution in [0.4, 0.5) is 0 Å². The van der Waals surface area contributed by atoms with Crippen molar-refractivity contribution in [3.8, 4) is 33.6 Å². The Hall–Kier alpha value is -3.94. The first-order valence-electron chi connectivity index (χ1n) is 12.0. The molecule has 0 atom stereocenters. The van der Waals surface area contributed by atoms with Gasteiger partial charge in [-0.1, -0.05) is 18.2 Å². The molecule has 0 N–H and O–H groups in total. The lowest BCUT2D eigenvalue weighted by atomic mass is 9.85. The number of carbonyl (C=O) groups excluding carboxylic acids is 1. The summed E-state index contributed by atoms with van der Waals surface area (Å²) in [5.74, 6) is 1.04. The molecule has 0 aliphatic heterocycles. The molecule has 0 spiro atoms. The normalized spacial score (nSPS) is 17.8. The van der Waals surface area contributed by atoms with Crippen molar-refractivity contribution in [3.05, 3.63) is 67.0 Å². The monoisotopic (exact) mass is 467 g/mol. The lowest BCUT2D eigenvalue weighted by Gasteiger charge is -2.29. The van der Waals surface area contributed by atoms with Gasteiger partial charge in [-0.3, -0.25) is 9.48 Å². The average molecular weight is 468 g/mol. The third kappa shape index (κ3) is 4.96. The van der Waals surface area contributed by atoms with Gasteiger partial charge in [-0.25, -0.2) is 9.97 Å². The molecule has 8 heteroatoms. The van der Waals surface area contributed by atoms with Gasteiger partial charge < -0.3 is 4.90 Å². The molecule has 1 amide bonds. The molecule has 1 fully saturated rings. The summed E-state index contributed by atoms with van der Waals surface area (Å²) < 4.78 is 2.04. The van der Waals surface area contributed by atoms with Crippen LogP contribution in [0, 0.1) is 12.8 Å². The van der Waals surface area contributed by atoms with Crippen LogP contribution >= 0.6 is 0 Å². The molecule has 0 radical (unpaired) electrons. The Kier molecular flexibility index (Phi) is 6.35. The van der Waals surface area contributed by atoms with E-state index in [-0.39, 0.29) is 11.8 Å². The lowest BCUT2D eigenvalue weighted by Crippen LogP contribution is -2.32. The minimum Gasteiger partial charge on any atom is -0.349 e. The Labute approximate surface area is 205 Å². The van der Waals surface area contributed by atoms with E-state index in [0.29, 0.717) is 11.9 Å². The summed E-state index contributed by atoms with van der Waals surface area (Å²) in [5, 5.41) is 12.7. The second kappa shape index (κ2) is 9.74.